The van der Waals surface area contributed by atoms with E-state index in [4.69, 9.17) is 5.11 Å². The molecule has 2 unspecified atom stereocenters. The Bertz CT molecular complexity index is 342. The number of hydrogen-bond acceptors (Lipinski definition) is 5. The van der Waals surface area contributed by atoms with E-state index < -0.39 is 28.7 Å². The average molecular weight is 260 g/mol. The Morgan fingerprint density at radius 3 is 1.89 bits per heavy atom. The van der Waals surface area contributed by atoms with Crippen LogP contribution in [0.4, 0.5) is 0 Å². The third-order valence-corrected chi connectivity index (χ3v) is 2.85. The molecule has 0 aliphatic heterocycles. The van der Waals surface area contributed by atoms with Crippen LogP contribution in [0.5, 0.6) is 0 Å². The second-order valence-corrected chi connectivity index (χ2v) is 4.66. The Morgan fingerprint density at radius 1 is 1.00 bits per heavy atom. The highest BCUT2D eigenvalue weighted by Crippen LogP contribution is 2.20. The molecule has 3 N–H and O–H groups in total. The minimum Gasteiger partial charge on any atom is -0.479 e. The Morgan fingerprint density at radius 2 is 1.50 bits per heavy atom. The molecule has 0 aliphatic carbocycles. The van der Waals surface area contributed by atoms with Gasteiger partial charge in [0.25, 0.3) is 0 Å². The van der Waals surface area contributed by atoms with Crippen LogP contribution in [-0.4, -0.2) is 44.1 Å². The van der Waals surface area contributed by atoms with Crippen LogP contribution in [0, 0.1) is 0 Å². The van der Waals surface area contributed by atoms with Crippen LogP contribution < -0.4 is 0 Å². The van der Waals surface area contributed by atoms with Gasteiger partial charge < -0.3 is 15.3 Å². The Labute approximate surface area is 106 Å². The number of carboxylic acids is 1. The van der Waals surface area contributed by atoms with E-state index in [1.165, 1.54) is 0 Å². The maximum absolute atomic E-state index is 11.7. The predicted molar refractivity (Wildman–Crippen MR) is 63.0 cm³/mol. The number of aliphatic hydroxyl groups is 2. The van der Waals surface area contributed by atoms with Crippen LogP contribution in [0.15, 0.2) is 0 Å². The number of ketones is 2. The molecule has 104 valence electrons. The van der Waals surface area contributed by atoms with Gasteiger partial charge in [-0.1, -0.05) is 19.8 Å². The standard InChI is InChI=1S/C12H20O6/c1-4-5-6-7-8(13)11(2,17)9(14)12(3,18)10(15)16/h17-18H,4-7H2,1-3H3,(H,15,16). The normalized spacial score (nSPS) is 17.6. The molecule has 0 aromatic carbocycles. The molecule has 6 nitrogen and oxygen atoms in total. The lowest BCUT2D eigenvalue weighted by Crippen LogP contribution is -2.57. The second kappa shape index (κ2) is 6.06. The number of unbranched alkanes of at least 4 members (excludes halogenated alkanes) is 2. The van der Waals surface area contributed by atoms with Crippen LogP contribution >= 0.6 is 0 Å². The fourth-order valence-electron chi connectivity index (χ4n) is 1.48. The lowest BCUT2D eigenvalue weighted by atomic mass is 9.83. The monoisotopic (exact) mass is 260 g/mol. The Balaban J connectivity index is 4.86. The molecule has 0 spiro atoms. The predicted octanol–water partition coefficient (Wildman–Crippen LogP) is 0.291. The van der Waals surface area contributed by atoms with E-state index in [0.717, 1.165) is 26.7 Å². The molecule has 0 radical (unpaired) electrons. The van der Waals surface area contributed by atoms with E-state index in [1.807, 2.05) is 6.92 Å². The van der Waals surface area contributed by atoms with Gasteiger partial charge in [0.1, 0.15) is 0 Å². The van der Waals surface area contributed by atoms with Crippen molar-refractivity contribution in [2.24, 2.45) is 0 Å². The number of Topliss-reactive ketones (excluding diaryl/α,β-unsaturated/α-hetero) is 2. The van der Waals surface area contributed by atoms with Gasteiger partial charge in [-0.25, -0.2) is 4.79 Å². The molecule has 18 heavy (non-hydrogen) atoms. The van der Waals surface area contributed by atoms with Crippen LogP contribution in [0.3, 0.4) is 0 Å². The molecule has 0 amide bonds. The third-order valence-electron chi connectivity index (χ3n) is 2.85. The van der Waals surface area contributed by atoms with Gasteiger partial charge >= 0.3 is 5.97 Å². The van der Waals surface area contributed by atoms with Crippen LogP contribution in [0.25, 0.3) is 0 Å². The van der Waals surface area contributed by atoms with Gasteiger partial charge in [-0.2, -0.15) is 0 Å². The van der Waals surface area contributed by atoms with Crippen molar-refractivity contribution < 1.29 is 29.7 Å². The summed E-state index contributed by atoms with van der Waals surface area (Å²) in [5.41, 5.74) is -5.25. The average Bonchev–Trinajstić information content (AvgIpc) is 2.27. The van der Waals surface area contributed by atoms with Crippen molar-refractivity contribution >= 4 is 17.5 Å². The zero-order valence-electron chi connectivity index (χ0n) is 10.9. The second-order valence-electron chi connectivity index (χ2n) is 4.66. The molecule has 0 fully saturated rings. The van der Waals surface area contributed by atoms with Gasteiger partial charge in [0.05, 0.1) is 0 Å². The van der Waals surface area contributed by atoms with Crippen LogP contribution in [0.1, 0.15) is 46.5 Å². The summed E-state index contributed by atoms with van der Waals surface area (Å²) in [7, 11) is 0. The van der Waals surface area contributed by atoms with E-state index in [0.29, 0.717) is 6.42 Å². The Kier molecular flexibility index (Phi) is 5.63. The summed E-state index contributed by atoms with van der Waals surface area (Å²) in [4.78, 5) is 34.1. The summed E-state index contributed by atoms with van der Waals surface area (Å²) in [5.74, 6) is -3.99. The maximum atomic E-state index is 11.7. The van der Waals surface area contributed by atoms with Gasteiger partial charge in [-0.15, -0.1) is 0 Å². The van der Waals surface area contributed by atoms with Gasteiger partial charge in [-0.3, -0.25) is 9.59 Å². The first-order chi connectivity index (χ1) is 8.08. The quantitative estimate of drug-likeness (QED) is 0.427. The fraction of sp³-hybridized carbons (Fsp3) is 0.750. The number of aliphatic carboxylic acids is 1. The van der Waals surface area contributed by atoms with Gasteiger partial charge in [0.15, 0.2) is 11.4 Å². The van der Waals surface area contributed by atoms with Crippen molar-refractivity contribution in [2.45, 2.75) is 57.7 Å². The topological polar surface area (TPSA) is 112 Å². The molecule has 0 aromatic rings. The molecule has 0 aliphatic rings. The molecule has 0 aromatic heterocycles. The minimum atomic E-state index is -2.77. The molecule has 0 saturated carbocycles. The third kappa shape index (κ3) is 3.61. The van der Waals surface area contributed by atoms with Gasteiger partial charge in [-0.05, 0) is 20.3 Å². The molecule has 0 heterocycles. The van der Waals surface area contributed by atoms with Crippen molar-refractivity contribution in [3.63, 3.8) is 0 Å². The highest BCUT2D eigenvalue weighted by Gasteiger charge is 2.51. The van der Waals surface area contributed by atoms with Crippen LogP contribution in [0.2, 0.25) is 0 Å². The van der Waals surface area contributed by atoms with E-state index >= 15 is 0 Å². The highest BCUT2D eigenvalue weighted by molar-refractivity contribution is 6.19. The maximum Gasteiger partial charge on any atom is 0.343 e. The van der Waals surface area contributed by atoms with Gasteiger partial charge in [0.2, 0.25) is 11.4 Å². The van der Waals surface area contributed by atoms with Crippen molar-refractivity contribution in [3.05, 3.63) is 0 Å². The Hall–Kier alpha value is -1.27. The summed E-state index contributed by atoms with van der Waals surface area (Å²) in [5, 5.41) is 27.9. The summed E-state index contributed by atoms with van der Waals surface area (Å²) >= 11 is 0. The first-order valence-corrected chi connectivity index (χ1v) is 5.84. The van der Waals surface area contributed by atoms with E-state index in [9.17, 15) is 24.6 Å². The molecule has 2 atom stereocenters. The number of carbonyl (C=O) groups is 3. The lowest BCUT2D eigenvalue weighted by Gasteiger charge is -2.27. The first-order valence-electron chi connectivity index (χ1n) is 5.84. The number of hydrogen-bond donors (Lipinski definition) is 3. The van der Waals surface area contributed by atoms with E-state index in [1.54, 1.807) is 0 Å². The van der Waals surface area contributed by atoms with E-state index in [2.05, 4.69) is 0 Å². The van der Waals surface area contributed by atoms with Gasteiger partial charge in [0, 0.05) is 6.42 Å². The van der Waals surface area contributed by atoms with E-state index in [-0.39, 0.29) is 6.42 Å². The summed E-state index contributed by atoms with van der Waals surface area (Å²) in [6.45, 7) is 3.59. The molecular weight excluding hydrogens is 240 g/mol. The first kappa shape index (κ1) is 16.7. The lowest BCUT2D eigenvalue weighted by molar-refractivity contribution is -0.173. The van der Waals surface area contributed by atoms with Crippen LogP contribution in [-0.2, 0) is 14.4 Å². The summed E-state index contributed by atoms with van der Waals surface area (Å²) in [6, 6.07) is 0. The molecule has 0 rings (SSSR count). The van der Waals surface area contributed by atoms with Crippen molar-refractivity contribution in [2.75, 3.05) is 0 Å². The molecule has 6 heteroatoms. The van der Waals surface area contributed by atoms with Crippen molar-refractivity contribution in [1.82, 2.24) is 0 Å². The highest BCUT2D eigenvalue weighted by atomic mass is 16.4. The largest absolute Gasteiger partial charge is 0.479 e. The fourth-order valence-corrected chi connectivity index (χ4v) is 1.48. The van der Waals surface area contributed by atoms with Crippen molar-refractivity contribution in [1.29, 1.82) is 0 Å². The number of rotatable bonds is 8. The molecule has 0 saturated heterocycles. The summed E-state index contributed by atoms with van der Waals surface area (Å²) in [6.07, 6.45) is 2.12. The number of carbonyl (C=O) groups excluding carboxylic acids is 2. The molecule has 0 bridgehead atoms. The smallest absolute Gasteiger partial charge is 0.343 e. The van der Waals surface area contributed by atoms with Crippen molar-refractivity contribution in [3.8, 4) is 0 Å². The minimum absolute atomic E-state index is 0.0255. The zero-order valence-corrected chi connectivity index (χ0v) is 10.9. The zero-order chi connectivity index (χ0) is 14.6. The molecular formula is C12H20O6. The number of carboxylic acid groups (broad SMARTS) is 1. The summed E-state index contributed by atoms with van der Waals surface area (Å²) < 4.78 is 0. The SMILES string of the molecule is CCCCCC(=O)C(C)(O)C(=O)C(C)(O)C(=O)O.